The van der Waals surface area contributed by atoms with Crippen molar-refractivity contribution in [2.24, 2.45) is 0 Å². The van der Waals surface area contributed by atoms with Gasteiger partial charge in [0.1, 0.15) is 0 Å². The van der Waals surface area contributed by atoms with Crippen molar-refractivity contribution < 1.29 is 14.6 Å². The molecule has 4 heteroatoms. The molecule has 1 aromatic carbocycles. The number of rotatable bonds is 10. The molecule has 0 fully saturated rings. The first-order valence-corrected chi connectivity index (χ1v) is 7.24. The number of ether oxygens (including phenoxy) is 2. The molecule has 0 spiro atoms. The van der Waals surface area contributed by atoms with E-state index in [1.165, 1.54) is 0 Å². The van der Waals surface area contributed by atoms with Gasteiger partial charge in [-0.2, -0.15) is 0 Å². The normalized spacial score (nSPS) is 12.4. The average Bonchev–Trinajstić information content (AvgIpc) is 2.50. The summed E-state index contributed by atoms with van der Waals surface area (Å²) in [6, 6.07) is 8.05. The number of hydrogen-bond acceptors (Lipinski definition) is 4. The second-order valence-electron chi connectivity index (χ2n) is 4.81. The van der Waals surface area contributed by atoms with Gasteiger partial charge in [0, 0.05) is 45.2 Å². The van der Waals surface area contributed by atoms with Crippen LogP contribution in [-0.4, -0.2) is 45.6 Å². The zero-order valence-corrected chi connectivity index (χ0v) is 12.8. The van der Waals surface area contributed by atoms with E-state index < -0.39 is 6.10 Å². The summed E-state index contributed by atoms with van der Waals surface area (Å²) in [6.45, 7) is 5.11. The fraction of sp³-hybridized carbons (Fsp3) is 0.625. The first kappa shape index (κ1) is 17.0. The number of para-hydroxylation sites is 1. The van der Waals surface area contributed by atoms with E-state index in [1.54, 1.807) is 14.2 Å². The third-order valence-corrected chi connectivity index (χ3v) is 3.36. The van der Waals surface area contributed by atoms with Crippen molar-refractivity contribution in [3.63, 3.8) is 0 Å². The summed E-state index contributed by atoms with van der Waals surface area (Å²) < 4.78 is 10.3. The lowest BCUT2D eigenvalue weighted by atomic mass is 10.0. The van der Waals surface area contributed by atoms with Gasteiger partial charge < -0.3 is 19.5 Å². The van der Waals surface area contributed by atoms with E-state index in [0.717, 1.165) is 37.4 Å². The molecule has 4 nitrogen and oxygen atoms in total. The maximum absolute atomic E-state index is 10.2. The number of aliphatic hydroxyl groups is 1. The van der Waals surface area contributed by atoms with Crippen LogP contribution in [0.3, 0.4) is 0 Å². The van der Waals surface area contributed by atoms with Crippen molar-refractivity contribution in [1.29, 1.82) is 0 Å². The molecule has 0 heterocycles. The highest BCUT2D eigenvalue weighted by Crippen LogP contribution is 2.28. The molecule has 0 unspecified atom stereocenters. The summed E-state index contributed by atoms with van der Waals surface area (Å²) in [6.07, 6.45) is 1.25. The van der Waals surface area contributed by atoms with Crippen LogP contribution in [0.25, 0.3) is 0 Å². The van der Waals surface area contributed by atoms with Gasteiger partial charge in [0.15, 0.2) is 0 Å². The van der Waals surface area contributed by atoms with Crippen LogP contribution >= 0.6 is 0 Å². The summed E-state index contributed by atoms with van der Waals surface area (Å²) in [5.74, 6) is 0. The summed E-state index contributed by atoms with van der Waals surface area (Å²) in [7, 11) is 3.43. The van der Waals surface area contributed by atoms with Crippen LogP contribution in [0.1, 0.15) is 31.4 Å². The molecule has 0 bridgehead atoms. The third kappa shape index (κ3) is 5.12. The molecule has 1 rings (SSSR count). The minimum Gasteiger partial charge on any atom is -0.388 e. The molecule has 1 aromatic rings. The monoisotopic (exact) mass is 281 g/mol. The summed E-state index contributed by atoms with van der Waals surface area (Å²) in [5.41, 5.74) is 2.08. The third-order valence-electron chi connectivity index (χ3n) is 3.36. The zero-order valence-electron chi connectivity index (χ0n) is 12.8. The standard InChI is InChI=1S/C16H27NO3/c1-4-16(18)14-8-5-6-9-15(14)17(11-13-20-3)10-7-12-19-2/h5-6,8-9,16,18H,4,7,10-13H2,1-3H3/t16-/m1/s1. The van der Waals surface area contributed by atoms with Gasteiger partial charge in [0.25, 0.3) is 0 Å². The van der Waals surface area contributed by atoms with Crippen molar-refractivity contribution in [3.05, 3.63) is 29.8 Å². The molecule has 0 aliphatic heterocycles. The fourth-order valence-electron chi connectivity index (χ4n) is 2.23. The van der Waals surface area contributed by atoms with Crippen LogP contribution in [0.15, 0.2) is 24.3 Å². The second kappa shape index (κ2) is 9.75. The lowest BCUT2D eigenvalue weighted by Gasteiger charge is -2.28. The van der Waals surface area contributed by atoms with Crippen molar-refractivity contribution in [3.8, 4) is 0 Å². The van der Waals surface area contributed by atoms with Gasteiger partial charge in [-0.05, 0) is 18.9 Å². The molecule has 0 saturated heterocycles. The van der Waals surface area contributed by atoms with E-state index in [4.69, 9.17) is 9.47 Å². The Morgan fingerprint density at radius 1 is 1.10 bits per heavy atom. The molecule has 0 radical (unpaired) electrons. The van der Waals surface area contributed by atoms with Crippen LogP contribution < -0.4 is 4.90 Å². The molecule has 0 aliphatic rings. The highest BCUT2D eigenvalue weighted by molar-refractivity contribution is 5.54. The van der Waals surface area contributed by atoms with Gasteiger partial charge in [0.2, 0.25) is 0 Å². The second-order valence-corrected chi connectivity index (χ2v) is 4.81. The number of benzene rings is 1. The zero-order chi connectivity index (χ0) is 14.8. The van der Waals surface area contributed by atoms with E-state index in [0.29, 0.717) is 13.0 Å². The van der Waals surface area contributed by atoms with E-state index in [-0.39, 0.29) is 0 Å². The van der Waals surface area contributed by atoms with Crippen LogP contribution in [0.4, 0.5) is 5.69 Å². The Hall–Kier alpha value is -1.10. The molecule has 0 amide bonds. The van der Waals surface area contributed by atoms with Gasteiger partial charge in [-0.15, -0.1) is 0 Å². The van der Waals surface area contributed by atoms with Crippen LogP contribution in [0.2, 0.25) is 0 Å². The minimum atomic E-state index is -0.418. The Balaban J connectivity index is 2.87. The Bertz CT molecular complexity index is 370. The summed E-state index contributed by atoms with van der Waals surface area (Å²) >= 11 is 0. The summed E-state index contributed by atoms with van der Waals surface area (Å²) in [4.78, 5) is 2.26. The lowest BCUT2D eigenvalue weighted by molar-refractivity contribution is 0.173. The molecule has 114 valence electrons. The van der Waals surface area contributed by atoms with Crippen molar-refractivity contribution >= 4 is 5.69 Å². The number of nitrogens with zero attached hydrogens (tertiary/aromatic N) is 1. The minimum absolute atomic E-state index is 0.418. The molecular formula is C16H27NO3. The Labute approximate surface area is 122 Å². The van der Waals surface area contributed by atoms with E-state index in [1.807, 2.05) is 25.1 Å². The number of anilines is 1. The van der Waals surface area contributed by atoms with Gasteiger partial charge in [-0.25, -0.2) is 0 Å². The van der Waals surface area contributed by atoms with Gasteiger partial charge in [-0.3, -0.25) is 0 Å². The molecule has 20 heavy (non-hydrogen) atoms. The van der Waals surface area contributed by atoms with Crippen molar-refractivity contribution in [2.45, 2.75) is 25.9 Å². The van der Waals surface area contributed by atoms with Crippen LogP contribution in [0, 0.1) is 0 Å². The first-order valence-electron chi connectivity index (χ1n) is 7.24. The lowest BCUT2D eigenvalue weighted by Crippen LogP contribution is -2.30. The largest absolute Gasteiger partial charge is 0.388 e. The topological polar surface area (TPSA) is 41.9 Å². The Morgan fingerprint density at radius 2 is 1.80 bits per heavy atom. The number of aliphatic hydroxyl groups excluding tert-OH is 1. The van der Waals surface area contributed by atoms with Gasteiger partial charge >= 0.3 is 0 Å². The van der Waals surface area contributed by atoms with E-state index in [9.17, 15) is 5.11 Å². The van der Waals surface area contributed by atoms with Crippen molar-refractivity contribution in [1.82, 2.24) is 0 Å². The smallest absolute Gasteiger partial charge is 0.0807 e. The predicted molar refractivity (Wildman–Crippen MR) is 82.3 cm³/mol. The number of hydrogen-bond donors (Lipinski definition) is 1. The molecule has 0 saturated carbocycles. The van der Waals surface area contributed by atoms with Gasteiger partial charge in [-0.1, -0.05) is 25.1 Å². The van der Waals surface area contributed by atoms with Crippen molar-refractivity contribution in [2.75, 3.05) is 45.4 Å². The SMILES string of the molecule is CC[C@@H](O)c1ccccc1N(CCCOC)CCOC. The fourth-order valence-corrected chi connectivity index (χ4v) is 2.23. The quantitative estimate of drug-likeness (QED) is 0.669. The van der Waals surface area contributed by atoms with Crippen LogP contribution in [-0.2, 0) is 9.47 Å². The average molecular weight is 281 g/mol. The Morgan fingerprint density at radius 3 is 2.45 bits per heavy atom. The number of methoxy groups -OCH3 is 2. The summed E-state index contributed by atoms with van der Waals surface area (Å²) in [5, 5.41) is 10.2. The molecule has 0 aromatic heterocycles. The Kier molecular flexibility index (Phi) is 8.26. The highest BCUT2D eigenvalue weighted by atomic mass is 16.5. The first-order chi connectivity index (χ1) is 9.74. The molecule has 1 atom stereocenters. The predicted octanol–water partition coefficient (Wildman–Crippen LogP) is 2.62. The van der Waals surface area contributed by atoms with E-state index in [2.05, 4.69) is 11.0 Å². The maximum atomic E-state index is 10.2. The van der Waals surface area contributed by atoms with Gasteiger partial charge in [0.05, 0.1) is 12.7 Å². The van der Waals surface area contributed by atoms with Crippen LogP contribution in [0.5, 0.6) is 0 Å². The highest BCUT2D eigenvalue weighted by Gasteiger charge is 2.15. The molecule has 0 aliphatic carbocycles. The van der Waals surface area contributed by atoms with E-state index >= 15 is 0 Å². The molecule has 1 N–H and O–H groups in total. The molecular weight excluding hydrogens is 254 g/mol. The maximum Gasteiger partial charge on any atom is 0.0807 e.